The summed E-state index contributed by atoms with van der Waals surface area (Å²) in [5.74, 6) is 0. The van der Waals surface area contributed by atoms with Gasteiger partial charge in [-0.25, -0.2) is 0 Å². The third-order valence-electron chi connectivity index (χ3n) is 1.32. The average molecular weight is 287 g/mol. The Morgan fingerprint density at radius 3 is 2.50 bits per heavy atom. The lowest BCUT2D eigenvalue weighted by molar-refractivity contribution is -0.138. The van der Waals surface area contributed by atoms with Crippen LogP contribution in [-0.2, 0) is 10.6 Å². The Morgan fingerprint density at radius 2 is 2.08 bits per heavy atom. The summed E-state index contributed by atoms with van der Waals surface area (Å²) in [4.78, 5) is 3.64. The van der Waals surface area contributed by atoms with Crippen molar-refractivity contribution in [2.45, 2.75) is 10.6 Å². The van der Waals surface area contributed by atoms with Crippen molar-refractivity contribution < 1.29 is 13.2 Å². The maximum atomic E-state index is 12.2. The number of rotatable bonds is 1. The Kier molecular flexibility index (Phi) is 2.92. The molecule has 0 N–H and O–H groups in total. The lowest BCUT2D eigenvalue weighted by Gasteiger charge is -2.08. The lowest BCUT2D eigenvalue weighted by Crippen LogP contribution is -2.09. The van der Waals surface area contributed by atoms with E-state index in [9.17, 15) is 13.2 Å². The number of hydrogen-bond donors (Lipinski definition) is 0. The lowest BCUT2D eigenvalue weighted by atomic mass is 10.2. The molecule has 0 aliphatic carbocycles. The largest absolute Gasteiger partial charge is 0.418 e. The van der Waals surface area contributed by atoms with Gasteiger partial charge in [0, 0.05) is 10.6 Å². The van der Waals surface area contributed by atoms with E-state index in [1.54, 1.807) is 0 Å². The van der Waals surface area contributed by atoms with Crippen LogP contribution in [0.2, 0.25) is 0 Å². The Hall–Kier alpha value is -0.330. The first-order valence-corrected chi connectivity index (χ1v) is 4.65. The van der Waals surface area contributed by atoms with Crippen molar-refractivity contribution >= 4 is 22.6 Å². The van der Waals surface area contributed by atoms with Crippen LogP contribution in [0.4, 0.5) is 13.2 Å². The molecule has 12 heavy (non-hydrogen) atoms. The van der Waals surface area contributed by atoms with Crippen molar-refractivity contribution in [3.8, 4) is 0 Å². The maximum absolute atomic E-state index is 12.2. The minimum atomic E-state index is -4.28. The molecule has 0 atom stereocenters. The van der Waals surface area contributed by atoms with Gasteiger partial charge in [-0.3, -0.25) is 4.98 Å². The van der Waals surface area contributed by atoms with Crippen molar-refractivity contribution in [3.05, 3.63) is 29.6 Å². The van der Waals surface area contributed by atoms with E-state index in [1.807, 2.05) is 22.6 Å². The molecule has 1 heterocycles. The summed E-state index contributed by atoms with van der Waals surface area (Å²) in [6.45, 7) is 0. The van der Waals surface area contributed by atoms with E-state index in [0.29, 0.717) is 0 Å². The second kappa shape index (κ2) is 3.59. The zero-order chi connectivity index (χ0) is 9.19. The van der Waals surface area contributed by atoms with Gasteiger partial charge in [-0.2, -0.15) is 13.2 Å². The molecule has 66 valence electrons. The molecule has 1 rings (SSSR count). The van der Waals surface area contributed by atoms with E-state index in [4.69, 9.17) is 0 Å². The molecule has 0 bridgehead atoms. The first-order chi connectivity index (χ1) is 5.55. The van der Waals surface area contributed by atoms with Crippen molar-refractivity contribution in [1.29, 1.82) is 0 Å². The third kappa shape index (κ3) is 2.09. The number of pyridine rings is 1. The predicted octanol–water partition coefficient (Wildman–Crippen LogP) is 3.04. The molecular weight excluding hydrogens is 282 g/mol. The van der Waals surface area contributed by atoms with Crippen LogP contribution >= 0.6 is 22.6 Å². The van der Waals surface area contributed by atoms with E-state index in [-0.39, 0.29) is 10.1 Å². The van der Waals surface area contributed by atoms with Crippen molar-refractivity contribution in [3.63, 3.8) is 0 Å². The summed E-state index contributed by atoms with van der Waals surface area (Å²) >= 11 is 1.86. The second-order valence-corrected chi connectivity index (χ2v) is 2.89. The molecular formula is C7H5F3IN. The Labute approximate surface area is 81.1 Å². The van der Waals surface area contributed by atoms with Crippen molar-refractivity contribution in [2.75, 3.05) is 0 Å². The SMILES string of the molecule is FC(F)(F)c1cccnc1CI. The van der Waals surface area contributed by atoms with Gasteiger partial charge in [0.25, 0.3) is 0 Å². The molecule has 0 aromatic carbocycles. The van der Waals surface area contributed by atoms with Gasteiger partial charge < -0.3 is 0 Å². The molecule has 0 amide bonds. The normalized spacial score (nSPS) is 11.7. The fourth-order valence-corrected chi connectivity index (χ4v) is 1.41. The fourth-order valence-electron chi connectivity index (χ4n) is 0.803. The van der Waals surface area contributed by atoms with Crippen molar-refractivity contribution in [1.82, 2.24) is 4.98 Å². The van der Waals surface area contributed by atoms with Crippen LogP contribution < -0.4 is 0 Å². The van der Waals surface area contributed by atoms with E-state index < -0.39 is 11.7 Å². The number of nitrogens with zero attached hydrogens (tertiary/aromatic N) is 1. The van der Waals surface area contributed by atoms with Crippen LogP contribution in [-0.4, -0.2) is 4.98 Å². The van der Waals surface area contributed by atoms with Gasteiger partial charge >= 0.3 is 6.18 Å². The molecule has 0 aliphatic heterocycles. The second-order valence-electron chi connectivity index (χ2n) is 2.13. The summed E-state index contributed by atoms with van der Waals surface area (Å²) in [5.41, 5.74) is -0.551. The van der Waals surface area contributed by atoms with E-state index >= 15 is 0 Å². The topological polar surface area (TPSA) is 12.9 Å². The fraction of sp³-hybridized carbons (Fsp3) is 0.286. The van der Waals surface area contributed by atoms with Gasteiger partial charge in [0.15, 0.2) is 0 Å². The number of alkyl halides is 4. The quantitative estimate of drug-likeness (QED) is 0.571. The maximum Gasteiger partial charge on any atom is 0.418 e. The minimum Gasteiger partial charge on any atom is -0.260 e. The van der Waals surface area contributed by atoms with Gasteiger partial charge in [0.05, 0.1) is 11.3 Å². The first kappa shape index (κ1) is 9.76. The molecule has 0 unspecified atom stereocenters. The Balaban J connectivity index is 3.14. The Morgan fingerprint density at radius 1 is 1.42 bits per heavy atom. The van der Waals surface area contributed by atoms with Gasteiger partial charge in [-0.05, 0) is 12.1 Å². The summed E-state index contributed by atoms with van der Waals surface area (Å²) < 4.78 is 36.8. The van der Waals surface area contributed by atoms with Crippen LogP contribution in [0.1, 0.15) is 11.3 Å². The summed E-state index contributed by atoms with van der Waals surface area (Å²) in [6.07, 6.45) is -2.92. The summed E-state index contributed by atoms with van der Waals surface area (Å²) in [6, 6.07) is 2.33. The molecule has 1 aromatic heterocycles. The molecule has 0 saturated carbocycles. The highest BCUT2D eigenvalue weighted by atomic mass is 127. The molecule has 0 spiro atoms. The smallest absolute Gasteiger partial charge is 0.260 e. The molecule has 1 nitrogen and oxygen atoms in total. The number of aromatic nitrogens is 1. The standard InChI is InChI=1S/C7H5F3IN/c8-7(9,10)5-2-1-3-12-6(5)4-11/h1-3H,4H2. The zero-order valence-electron chi connectivity index (χ0n) is 5.90. The Bertz CT molecular complexity index is 272. The van der Waals surface area contributed by atoms with Gasteiger partial charge in [0.2, 0.25) is 0 Å². The zero-order valence-corrected chi connectivity index (χ0v) is 8.06. The predicted molar refractivity (Wildman–Crippen MR) is 47.0 cm³/mol. The highest BCUT2D eigenvalue weighted by molar-refractivity contribution is 14.1. The molecule has 0 aliphatic rings. The molecule has 1 aromatic rings. The van der Waals surface area contributed by atoms with E-state index in [0.717, 1.165) is 6.07 Å². The van der Waals surface area contributed by atoms with Crippen LogP contribution in [0.3, 0.4) is 0 Å². The van der Waals surface area contributed by atoms with Gasteiger partial charge in [-0.1, -0.05) is 22.6 Å². The molecule has 5 heteroatoms. The van der Waals surface area contributed by atoms with Crippen LogP contribution in [0.5, 0.6) is 0 Å². The summed E-state index contributed by atoms with van der Waals surface area (Å²) in [5, 5.41) is 0. The number of hydrogen-bond acceptors (Lipinski definition) is 1. The van der Waals surface area contributed by atoms with Crippen molar-refractivity contribution in [2.24, 2.45) is 0 Å². The van der Waals surface area contributed by atoms with Gasteiger partial charge in [0.1, 0.15) is 0 Å². The molecule has 0 radical (unpaired) electrons. The minimum absolute atomic E-state index is 0.0885. The van der Waals surface area contributed by atoms with E-state index in [2.05, 4.69) is 4.98 Å². The average Bonchev–Trinajstić information content (AvgIpc) is 2.03. The first-order valence-electron chi connectivity index (χ1n) is 3.12. The van der Waals surface area contributed by atoms with Crippen LogP contribution in [0.25, 0.3) is 0 Å². The molecule has 0 saturated heterocycles. The molecule has 0 fully saturated rings. The van der Waals surface area contributed by atoms with Crippen LogP contribution in [0, 0.1) is 0 Å². The highest BCUT2D eigenvalue weighted by Gasteiger charge is 2.33. The van der Waals surface area contributed by atoms with Crippen LogP contribution in [0.15, 0.2) is 18.3 Å². The summed E-state index contributed by atoms with van der Waals surface area (Å²) in [7, 11) is 0. The number of halogens is 4. The van der Waals surface area contributed by atoms with E-state index in [1.165, 1.54) is 12.3 Å². The monoisotopic (exact) mass is 287 g/mol. The van der Waals surface area contributed by atoms with Gasteiger partial charge in [-0.15, -0.1) is 0 Å². The highest BCUT2D eigenvalue weighted by Crippen LogP contribution is 2.31. The third-order valence-corrected chi connectivity index (χ3v) is 2.04.